The van der Waals surface area contributed by atoms with E-state index in [1.165, 1.54) is 38.5 Å². The lowest BCUT2D eigenvalue weighted by atomic mass is 9.41. The summed E-state index contributed by atoms with van der Waals surface area (Å²) in [6.45, 7) is 11.9. The van der Waals surface area contributed by atoms with Gasteiger partial charge < -0.3 is 10.2 Å². The van der Waals surface area contributed by atoms with Gasteiger partial charge >= 0.3 is 5.97 Å². The maximum absolute atomic E-state index is 11.7. The zero-order valence-corrected chi connectivity index (χ0v) is 19.4. The van der Waals surface area contributed by atoms with Gasteiger partial charge in [0.25, 0.3) is 0 Å². The van der Waals surface area contributed by atoms with Crippen LogP contribution in [0.1, 0.15) is 92.4 Å². The van der Waals surface area contributed by atoms with Gasteiger partial charge in [0, 0.05) is 6.42 Å². The second kappa shape index (κ2) is 7.53. The van der Waals surface area contributed by atoms with Crippen LogP contribution in [0.15, 0.2) is 0 Å². The molecule has 166 valence electrons. The molecule has 0 spiro atoms. The summed E-state index contributed by atoms with van der Waals surface area (Å²) in [6.07, 6.45) is 10.0. The van der Waals surface area contributed by atoms with Crippen LogP contribution in [0, 0.1) is 58.2 Å². The molecule has 4 rings (SSSR count). The van der Waals surface area contributed by atoms with E-state index in [0.29, 0.717) is 47.3 Å². The summed E-state index contributed by atoms with van der Waals surface area (Å²) < 4.78 is 0. The topological polar surface area (TPSA) is 57.5 Å². The summed E-state index contributed by atoms with van der Waals surface area (Å²) in [4.78, 5) is 11.4. The van der Waals surface area contributed by atoms with Gasteiger partial charge in [-0.25, -0.2) is 0 Å². The molecule has 0 amide bonds. The van der Waals surface area contributed by atoms with Crippen LogP contribution in [0.2, 0.25) is 0 Å². The zero-order chi connectivity index (χ0) is 21.1. The monoisotopic (exact) mass is 404 g/mol. The summed E-state index contributed by atoms with van der Waals surface area (Å²) in [5, 5.41) is 21.1. The Labute approximate surface area is 178 Å². The molecular formula is C26H44O3. The van der Waals surface area contributed by atoms with E-state index >= 15 is 0 Å². The molecular weight excluding hydrogens is 360 g/mol. The first kappa shape index (κ1) is 21.7. The highest BCUT2D eigenvalue weighted by Crippen LogP contribution is 2.69. The molecule has 4 aliphatic rings. The Morgan fingerprint density at radius 1 is 1.03 bits per heavy atom. The van der Waals surface area contributed by atoms with E-state index in [9.17, 15) is 15.0 Å². The third kappa shape index (κ3) is 3.20. The van der Waals surface area contributed by atoms with Gasteiger partial charge in [-0.2, -0.15) is 0 Å². The number of aliphatic hydroxyl groups excluding tert-OH is 1. The van der Waals surface area contributed by atoms with E-state index in [1.807, 2.05) is 0 Å². The van der Waals surface area contributed by atoms with Gasteiger partial charge in [0.1, 0.15) is 0 Å². The van der Waals surface area contributed by atoms with Crippen molar-refractivity contribution in [3.8, 4) is 0 Å². The Bertz CT molecular complexity index is 631. The minimum Gasteiger partial charge on any atom is -0.481 e. The molecule has 3 nitrogen and oxygen atoms in total. The second-order valence-electron chi connectivity index (χ2n) is 12.1. The van der Waals surface area contributed by atoms with Crippen LogP contribution < -0.4 is 0 Å². The molecule has 0 heterocycles. The van der Waals surface area contributed by atoms with Crippen molar-refractivity contribution in [2.24, 2.45) is 58.2 Å². The molecule has 4 aliphatic carbocycles. The smallest absolute Gasteiger partial charge is 0.303 e. The number of fused-ring (bicyclic) bond motifs is 5. The fourth-order valence-electron chi connectivity index (χ4n) is 9.57. The largest absolute Gasteiger partial charge is 0.481 e. The maximum atomic E-state index is 11.7. The molecule has 2 N–H and O–H groups in total. The quantitative estimate of drug-likeness (QED) is 0.604. The summed E-state index contributed by atoms with van der Waals surface area (Å²) in [5.41, 5.74) is 0.601. The lowest BCUT2D eigenvalue weighted by molar-refractivity contribution is -0.198. The second-order valence-corrected chi connectivity index (χ2v) is 12.1. The Morgan fingerprint density at radius 3 is 2.34 bits per heavy atom. The summed E-state index contributed by atoms with van der Waals surface area (Å²) >= 11 is 0. The lowest BCUT2D eigenvalue weighted by Gasteiger charge is -2.65. The van der Waals surface area contributed by atoms with E-state index in [1.54, 1.807) is 0 Å². The maximum Gasteiger partial charge on any atom is 0.303 e. The van der Waals surface area contributed by atoms with Gasteiger partial charge in [-0.1, -0.05) is 47.5 Å². The van der Waals surface area contributed by atoms with Gasteiger partial charge in [0.15, 0.2) is 0 Å². The predicted molar refractivity (Wildman–Crippen MR) is 116 cm³/mol. The minimum absolute atomic E-state index is 0.161. The summed E-state index contributed by atoms with van der Waals surface area (Å²) in [6, 6.07) is 0. The first-order chi connectivity index (χ1) is 13.6. The molecule has 29 heavy (non-hydrogen) atoms. The zero-order valence-electron chi connectivity index (χ0n) is 19.4. The molecule has 11 atom stereocenters. The van der Waals surface area contributed by atoms with Gasteiger partial charge in [-0.05, 0) is 96.7 Å². The average Bonchev–Trinajstić information content (AvgIpc) is 3.00. The van der Waals surface area contributed by atoms with Crippen LogP contribution >= 0.6 is 0 Å². The van der Waals surface area contributed by atoms with Gasteiger partial charge in [0.2, 0.25) is 0 Å². The molecule has 3 heteroatoms. The first-order valence-electron chi connectivity index (χ1n) is 12.5. The number of carboxylic acid groups (broad SMARTS) is 1. The fourth-order valence-corrected chi connectivity index (χ4v) is 9.57. The highest BCUT2D eigenvalue weighted by atomic mass is 16.4. The Hall–Kier alpha value is -0.570. The molecule has 3 unspecified atom stereocenters. The van der Waals surface area contributed by atoms with Crippen molar-refractivity contribution in [1.29, 1.82) is 0 Å². The van der Waals surface area contributed by atoms with Crippen LogP contribution in [0.3, 0.4) is 0 Å². The molecule has 0 aromatic heterocycles. The van der Waals surface area contributed by atoms with Crippen molar-refractivity contribution >= 4 is 5.97 Å². The number of rotatable bonds is 4. The molecule has 0 radical (unpaired) electrons. The Balaban J connectivity index is 1.66. The van der Waals surface area contributed by atoms with Gasteiger partial charge in [-0.15, -0.1) is 0 Å². The number of aliphatic hydroxyl groups is 1. The number of carbonyl (C=O) groups is 1. The van der Waals surface area contributed by atoms with E-state index in [-0.39, 0.29) is 17.4 Å². The van der Waals surface area contributed by atoms with E-state index in [2.05, 4.69) is 34.6 Å². The predicted octanol–water partition coefficient (Wildman–Crippen LogP) is 6.00. The van der Waals surface area contributed by atoms with Crippen LogP contribution in [0.5, 0.6) is 0 Å². The van der Waals surface area contributed by atoms with E-state index in [4.69, 9.17) is 0 Å². The number of aliphatic carboxylic acids is 1. The van der Waals surface area contributed by atoms with Crippen molar-refractivity contribution in [1.82, 2.24) is 0 Å². The average molecular weight is 405 g/mol. The van der Waals surface area contributed by atoms with Crippen LogP contribution in [-0.2, 0) is 4.79 Å². The molecule has 4 fully saturated rings. The summed E-state index contributed by atoms with van der Waals surface area (Å²) in [7, 11) is 0. The van der Waals surface area contributed by atoms with Crippen molar-refractivity contribution in [3.63, 3.8) is 0 Å². The van der Waals surface area contributed by atoms with E-state index < -0.39 is 5.97 Å². The Kier molecular flexibility index (Phi) is 5.63. The molecule has 4 saturated carbocycles. The van der Waals surface area contributed by atoms with Crippen LogP contribution in [0.25, 0.3) is 0 Å². The fraction of sp³-hybridized carbons (Fsp3) is 0.962. The normalized spacial score (nSPS) is 52.9. The minimum atomic E-state index is -0.659. The van der Waals surface area contributed by atoms with Crippen molar-refractivity contribution in [2.45, 2.75) is 98.5 Å². The first-order valence-corrected chi connectivity index (χ1v) is 12.5. The number of hydrogen-bond acceptors (Lipinski definition) is 2. The molecule has 0 aromatic rings. The van der Waals surface area contributed by atoms with Crippen molar-refractivity contribution in [2.75, 3.05) is 0 Å². The lowest BCUT2D eigenvalue weighted by Crippen LogP contribution is -2.61. The SMILES string of the molecule is CC[C@H]1[C@@H](O)C2C3CC[C@H]([C@H](C)CC(=O)O)[C@@]3(C)CCC2[C@@]2(C)CC[C@@H](C)C[C@@H]12. The molecule has 0 aromatic carbocycles. The number of hydrogen-bond donors (Lipinski definition) is 2. The summed E-state index contributed by atoms with van der Waals surface area (Å²) in [5.74, 6) is 3.65. The van der Waals surface area contributed by atoms with Crippen LogP contribution in [0.4, 0.5) is 0 Å². The highest BCUT2D eigenvalue weighted by Gasteiger charge is 2.64. The molecule has 0 bridgehead atoms. The molecule has 0 aliphatic heterocycles. The third-order valence-corrected chi connectivity index (χ3v) is 10.9. The number of carboxylic acids is 1. The van der Waals surface area contributed by atoms with Gasteiger partial charge in [0.05, 0.1) is 6.10 Å². The third-order valence-electron chi connectivity index (χ3n) is 10.9. The van der Waals surface area contributed by atoms with E-state index in [0.717, 1.165) is 18.8 Å². The van der Waals surface area contributed by atoms with Gasteiger partial charge in [-0.3, -0.25) is 4.79 Å². The Morgan fingerprint density at radius 2 is 1.69 bits per heavy atom. The standard InChI is InChI=1S/C26H44O3/c1-6-17-21-13-15(2)9-11-26(21,5)20-10-12-25(4)18(16(3)14-22(27)28)7-8-19(25)23(20)24(17)29/h15-21,23-24,29H,6-14H2,1-5H3,(H,27,28)/t15-,16-,17-,18-,19?,20?,21+,23?,24-,25-,26-/m1/s1. The van der Waals surface area contributed by atoms with Crippen LogP contribution in [-0.4, -0.2) is 22.3 Å². The van der Waals surface area contributed by atoms with Crippen molar-refractivity contribution in [3.05, 3.63) is 0 Å². The highest BCUT2D eigenvalue weighted by molar-refractivity contribution is 5.67. The molecule has 0 saturated heterocycles. The van der Waals surface area contributed by atoms with Crippen molar-refractivity contribution < 1.29 is 15.0 Å².